The molecule has 0 saturated carbocycles. The Morgan fingerprint density at radius 1 is 1.12 bits per heavy atom. The Bertz CT molecular complexity index is 891. The van der Waals surface area contributed by atoms with Crippen molar-refractivity contribution >= 4 is 33.7 Å². The molecule has 0 fully saturated rings. The molecule has 5 nitrogen and oxygen atoms in total. The molecule has 1 heterocycles. The minimum Gasteiger partial charge on any atom is -0.457 e. The summed E-state index contributed by atoms with van der Waals surface area (Å²) in [6.45, 7) is 3.77. The predicted molar refractivity (Wildman–Crippen MR) is 95.3 cm³/mol. The van der Waals surface area contributed by atoms with Crippen LogP contribution < -0.4 is 0 Å². The van der Waals surface area contributed by atoms with E-state index in [4.69, 9.17) is 4.74 Å². The van der Waals surface area contributed by atoms with Gasteiger partial charge in [0.1, 0.15) is 6.61 Å². The van der Waals surface area contributed by atoms with Crippen molar-refractivity contribution in [2.45, 2.75) is 6.61 Å². The van der Waals surface area contributed by atoms with Gasteiger partial charge >= 0.3 is 5.97 Å². The molecule has 2 aromatic rings. The molecule has 0 atom stereocenters. The maximum atomic E-state index is 12.3. The lowest BCUT2D eigenvalue weighted by Gasteiger charge is -2.09. The predicted octanol–water partition coefficient (Wildman–Crippen LogP) is 3.59. The monoisotopic (exact) mass is 399 g/mol. The number of carbonyl (C=O) groups excluding carboxylic acids is 3. The molecule has 0 unspecified atom stereocenters. The Balaban J connectivity index is 1.78. The maximum absolute atomic E-state index is 12.3. The van der Waals surface area contributed by atoms with Crippen LogP contribution in [0.4, 0.5) is 0 Å². The molecule has 0 N–H and O–H groups in total. The number of hydrogen-bond donors (Lipinski definition) is 0. The fourth-order valence-electron chi connectivity index (χ4n) is 2.55. The standard InChI is InChI=1S/C19H14BrNO4/c1-2-9-21-17(22)14-8-7-12(10-15(14)18(21)23)19(24)25-11-13-5-3-4-6-16(13)20/h2-8,10H,1,9,11H2. The first kappa shape index (κ1) is 17.1. The number of benzene rings is 2. The minimum absolute atomic E-state index is 0.104. The largest absolute Gasteiger partial charge is 0.457 e. The van der Waals surface area contributed by atoms with Gasteiger partial charge in [0.25, 0.3) is 11.8 Å². The molecule has 0 aliphatic carbocycles. The van der Waals surface area contributed by atoms with E-state index >= 15 is 0 Å². The molecule has 2 aromatic carbocycles. The van der Waals surface area contributed by atoms with Crippen LogP contribution in [0.15, 0.2) is 59.6 Å². The number of rotatable bonds is 5. The summed E-state index contributed by atoms with van der Waals surface area (Å²) in [5.74, 6) is -1.37. The average molecular weight is 400 g/mol. The molecule has 126 valence electrons. The van der Waals surface area contributed by atoms with Crippen LogP contribution >= 0.6 is 15.9 Å². The number of amides is 2. The molecule has 0 bridgehead atoms. The third-order valence-electron chi connectivity index (χ3n) is 3.83. The summed E-state index contributed by atoms with van der Waals surface area (Å²) in [6.07, 6.45) is 1.48. The fraction of sp³-hybridized carbons (Fsp3) is 0.105. The van der Waals surface area contributed by atoms with Crippen LogP contribution in [0.5, 0.6) is 0 Å². The molecule has 6 heteroatoms. The van der Waals surface area contributed by atoms with Gasteiger partial charge in [-0.1, -0.05) is 40.2 Å². The first-order valence-corrected chi connectivity index (χ1v) is 8.34. The normalized spacial score (nSPS) is 12.9. The summed E-state index contributed by atoms with van der Waals surface area (Å²) in [5.41, 5.74) is 1.56. The SMILES string of the molecule is C=CCN1C(=O)c2ccc(C(=O)OCc3ccccc3Br)cc2C1=O. The van der Waals surface area contributed by atoms with Gasteiger partial charge in [0, 0.05) is 16.6 Å². The number of ether oxygens (including phenoxy) is 1. The average Bonchev–Trinajstić information content (AvgIpc) is 2.85. The number of fused-ring (bicyclic) bond motifs is 1. The van der Waals surface area contributed by atoms with Crippen LogP contribution in [0.25, 0.3) is 0 Å². The molecule has 0 saturated heterocycles. The summed E-state index contributed by atoms with van der Waals surface area (Å²) in [6, 6.07) is 11.8. The van der Waals surface area contributed by atoms with E-state index in [-0.39, 0.29) is 35.7 Å². The molecular formula is C19H14BrNO4. The van der Waals surface area contributed by atoms with E-state index in [2.05, 4.69) is 22.5 Å². The van der Waals surface area contributed by atoms with Crippen LogP contribution in [0.1, 0.15) is 36.6 Å². The molecule has 1 aliphatic rings. The van der Waals surface area contributed by atoms with Crippen LogP contribution in [0, 0.1) is 0 Å². The Morgan fingerprint density at radius 2 is 1.84 bits per heavy atom. The Labute approximate surface area is 153 Å². The Morgan fingerprint density at radius 3 is 2.56 bits per heavy atom. The van der Waals surface area contributed by atoms with Crippen molar-refractivity contribution < 1.29 is 19.1 Å². The number of esters is 1. The molecule has 0 spiro atoms. The number of hydrogen-bond acceptors (Lipinski definition) is 4. The van der Waals surface area contributed by atoms with E-state index < -0.39 is 11.9 Å². The highest BCUT2D eigenvalue weighted by molar-refractivity contribution is 9.10. The van der Waals surface area contributed by atoms with Gasteiger partial charge in [-0.25, -0.2) is 4.79 Å². The van der Waals surface area contributed by atoms with Crippen LogP contribution in [-0.4, -0.2) is 29.2 Å². The minimum atomic E-state index is -0.555. The molecule has 0 radical (unpaired) electrons. The summed E-state index contributed by atoms with van der Waals surface area (Å²) < 4.78 is 6.14. The van der Waals surface area contributed by atoms with Gasteiger partial charge in [0.15, 0.2) is 0 Å². The van der Waals surface area contributed by atoms with Gasteiger partial charge in [-0.3, -0.25) is 14.5 Å². The molecule has 1 aliphatic heterocycles. The lowest BCUT2D eigenvalue weighted by atomic mass is 10.1. The van der Waals surface area contributed by atoms with E-state index in [0.29, 0.717) is 0 Å². The van der Waals surface area contributed by atoms with E-state index in [1.807, 2.05) is 24.3 Å². The van der Waals surface area contributed by atoms with Gasteiger partial charge in [-0.05, 0) is 24.3 Å². The summed E-state index contributed by atoms with van der Waals surface area (Å²) in [5, 5.41) is 0. The highest BCUT2D eigenvalue weighted by Crippen LogP contribution is 2.24. The molecule has 2 amide bonds. The van der Waals surface area contributed by atoms with E-state index in [9.17, 15) is 14.4 Å². The summed E-state index contributed by atoms with van der Waals surface area (Å²) in [4.78, 5) is 37.8. The first-order valence-electron chi connectivity index (χ1n) is 7.54. The van der Waals surface area contributed by atoms with Crippen LogP contribution in [0.3, 0.4) is 0 Å². The fourth-order valence-corrected chi connectivity index (χ4v) is 2.95. The number of halogens is 1. The van der Waals surface area contributed by atoms with Crippen molar-refractivity contribution in [3.63, 3.8) is 0 Å². The van der Waals surface area contributed by atoms with Gasteiger partial charge in [0.2, 0.25) is 0 Å². The molecular weight excluding hydrogens is 386 g/mol. The van der Waals surface area contributed by atoms with Crippen LogP contribution in [-0.2, 0) is 11.3 Å². The second-order valence-electron chi connectivity index (χ2n) is 5.44. The quantitative estimate of drug-likeness (QED) is 0.437. The van der Waals surface area contributed by atoms with Crippen molar-refractivity contribution in [2.24, 2.45) is 0 Å². The highest BCUT2D eigenvalue weighted by atomic mass is 79.9. The van der Waals surface area contributed by atoms with Gasteiger partial charge in [-0.2, -0.15) is 0 Å². The second kappa shape index (κ2) is 7.03. The Kier molecular flexibility index (Phi) is 4.81. The summed E-state index contributed by atoms with van der Waals surface area (Å²) >= 11 is 3.39. The maximum Gasteiger partial charge on any atom is 0.338 e. The zero-order valence-electron chi connectivity index (χ0n) is 13.2. The number of nitrogens with zero attached hydrogens (tertiary/aromatic N) is 1. The van der Waals surface area contributed by atoms with Gasteiger partial charge in [0.05, 0.1) is 16.7 Å². The van der Waals surface area contributed by atoms with E-state index in [1.54, 1.807) is 0 Å². The Hall–Kier alpha value is -2.73. The molecule has 3 rings (SSSR count). The second-order valence-corrected chi connectivity index (χ2v) is 6.29. The lowest BCUT2D eigenvalue weighted by Crippen LogP contribution is -2.29. The van der Waals surface area contributed by atoms with Crippen molar-refractivity contribution in [3.8, 4) is 0 Å². The van der Waals surface area contributed by atoms with Crippen LogP contribution in [0.2, 0.25) is 0 Å². The number of imide groups is 1. The molecule has 0 aromatic heterocycles. The smallest absolute Gasteiger partial charge is 0.338 e. The lowest BCUT2D eigenvalue weighted by molar-refractivity contribution is 0.0471. The zero-order chi connectivity index (χ0) is 18.0. The van der Waals surface area contributed by atoms with Crippen molar-refractivity contribution in [3.05, 3.63) is 81.8 Å². The van der Waals surface area contributed by atoms with Crippen molar-refractivity contribution in [1.29, 1.82) is 0 Å². The molecule has 25 heavy (non-hydrogen) atoms. The third-order valence-corrected chi connectivity index (χ3v) is 4.61. The van der Waals surface area contributed by atoms with E-state index in [0.717, 1.165) is 14.9 Å². The summed E-state index contributed by atoms with van der Waals surface area (Å²) in [7, 11) is 0. The van der Waals surface area contributed by atoms with Gasteiger partial charge < -0.3 is 4.74 Å². The highest BCUT2D eigenvalue weighted by Gasteiger charge is 2.35. The van der Waals surface area contributed by atoms with E-state index in [1.165, 1.54) is 24.3 Å². The number of carbonyl (C=O) groups is 3. The van der Waals surface area contributed by atoms with Crippen molar-refractivity contribution in [2.75, 3.05) is 6.54 Å². The third kappa shape index (κ3) is 3.25. The van der Waals surface area contributed by atoms with Gasteiger partial charge in [-0.15, -0.1) is 6.58 Å². The van der Waals surface area contributed by atoms with Crippen molar-refractivity contribution in [1.82, 2.24) is 4.90 Å². The topological polar surface area (TPSA) is 63.7 Å². The zero-order valence-corrected chi connectivity index (χ0v) is 14.8. The first-order chi connectivity index (χ1) is 12.0.